The summed E-state index contributed by atoms with van der Waals surface area (Å²) in [5, 5.41) is 15.7. The van der Waals surface area contributed by atoms with Crippen molar-refractivity contribution in [3.63, 3.8) is 0 Å². The van der Waals surface area contributed by atoms with Crippen LogP contribution in [0.3, 0.4) is 0 Å². The standard InChI is InChI=1S/C14H26N2O3/c17-11-14(6-1-2-7-14)16-13(18)5-10-19-12-3-8-15-9-4-12/h12,15,17H,1-11H2,(H,16,18). The first-order valence-electron chi connectivity index (χ1n) is 7.48. The average Bonchev–Trinajstić information content (AvgIpc) is 2.89. The average molecular weight is 270 g/mol. The summed E-state index contributed by atoms with van der Waals surface area (Å²) in [6.07, 6.45) is 6.72. The van der Waals surface area contributed by atoms with Crippen LogP contribution in [0.25, 0.3) is 0 Å². The van der Waals surface area contributed by atoms with Gasteiger partial charge in [-0.1, -0.05) is 12.8 Å². The summed E-state index contributed by atoms with van der Waals surface area (Å²) in [6, 6.07) is 0. The molecule has 19 heavy (non-hydrogen) atoms. The van der Waals surface area contributed by atoms with Gasteiger partial charge in [-0.2, -0.15) is 0 Å². The number of piperidine rings is 1. The van der Waals surface area contributed by atoms with Gasteiger partial charge in [0.05, 0.1) is 24.9 Å². The van der Waals surface area contributed by atoms with Gasteiger partial charge in [-0.25, -0.2) is 0 Å². The number of carbonyl (C=O) groups excluding carboxylic acids is 1. The van der Waals surface area contributed by atoms with Crippen molar-refractivity contribution in [2.45, 2.75) is 56.6 Å². The molecule has 5 heteroatoms. The fourth-order valence-corrected chi connectivity index (χ4v) is 3.01. The van der Waals surface area contributed by atoms with Gasteiger partial charge in [0, 0.05) is 6.42 Å². The van der Waals surface area contributed by atoms with Crippen molar-refractivity contribution in [2.75, 3.05) is 26.3 Å². The molecule has 5 nitrogen and oxygen atoms in total. The van der Waals surface area contributed by atoms with E-state index in [4.69, 9.17) is 4.74 Å². The fourth-order valence-electron chi connectivity index (χ4n) is 3.01. The van der Waals surface area contributed by atoms with Crippen LogP contribution in [0.4, 0.5) is 0 Å². The Kier molecular flexibility index (Phi) is 5.60. The molecular weight excluding hydrogens is 244 g/mol. The third-order valence-electron chi connectivity index (χ3n) is 4.24. The van der Waals surface area contributed by atoms with Gasteiger partial charge in [0.1, 0.15) is 0 Å². The van der Waals surface area contributed by atoms with Crippen LogP contribution in [0.2, 0.25) is 0 Å². The molecule has 0 aromatic rings. The number of amides is 1. The van der Waals surface area contributed by atoms with Crippen molar-refractivity contribution < 1.29 is 14.6 Å². The van der Waals surface area contributed by atoms with Crippen LogP contribution in [-0.4, -0.2) is 49.0 Å². The topological polar surface area (TPSA) is 70.6 Å². The first-order valence-corrected chi connectivity index (χ1v) is 7.48. The number of nitrogens with one attached hydrogen (secondary N) is 2. The lowest BCUT2D eigenvalue weighted by molar-refractivity contribution is -0.125. The summed E-state index contributed by atoms with van der Waals surface area (Å²) in [4.78, 5) is 11.9. The monoisotopic (exact) mass is 270 g/mol. The fraction of sp³-hybridized carbons (Fsp3) is 0.929. The Morgan fingerprint density at radius 3 is 2.63 bits per heavy atom. The maximum Gasteiger partial charge on any atom is 0.222 e. The van der Waals surface area contributed by atoms with Gasteiger partial charge in [-0.05, 0) is 38.8 Å². The Morgan fingerprint density at radius 2 is 2.00 bits per heavy atom. The molecule has 0 spiro atoms. The quantitative estimate of drug-likeness (QED) is 0.660. The number of aliphatic hydroxyl groups excluding tert-OH is 1. The van der Waals surface area contributed by atoms with Gasteiger partial charge in [-0.15, -0.1) is 0 Å². The lowest BCUT2D eigenvalue weighted by atomic mass is 9.99. The van der Waals surface area contributed by atoms with E-state index < -0.39 is 0 Å². The molecule has 2 aliphatic rings. The SMILES string of the molecule is O=C(CCOC1CCNCC1)NC1(CO)CCCC1. The Bertz CT molecular complexity index is 284. The molecule has 0 aromatic carbocycles. The second-order valence-corrected chi connectivity index (χ2v) is 5.76. The summed E-state index contributed by atoms with van der Waals surface area (Å²) < 4.78 is 5.72. The highest BCUT2D eigenvalue weighted by atomic mass is 16.5. The summed E-state index contributed by atoms with van der Waals surface area (Å²) in [7, 11) is 0. The van der Waals surface area contributed by atoms with Gasteiger partial charge in [0.2, 0.25) is 5.91 Å². The van der Waals surface area contributed by atoms with Crippen LogP contribution in [-0.2, 0) is 9.53 Å². The van der Waals surface area contributed by atoms with Crippen LogP contribution < -0.4 is 10.6 Å². The van der Waals surface area contributed by atoms with Crippen molar-refractivity contribution in [1.82, 2.24) is 10.6 Å². The van der Waals surface area contributed by atoms with E-state index in [0.29, 0.717) is 19.1 Å². The Hall–Kier alpha value is -0.650. The lowest BCUT2D eigenvalue weighted by Gasteiger charge is -2.28. The van der Waals surface area contributed by atoms with Crippen molar-refractivity contribution in [1.29, 1.82) is 0 Å². The van der Waals surface area contributed by atoms with E-state index in [-0.39, 0.29) is 18.1 Å². The van der Waals surface area contributed by atoms with E-state index in [9.17, 15) is 9.90 Å². The summed E-state index contributed by atoms with van der Waals surface area (Å²) in [6.45, 7) is 2.54. The zero-order chi connectivity index (χ0) is 13.6. The molecule has 1 saturated carbocycles. The summed E-state index contributed by atoms with van der Waals surface area (Å²) in [5.41, 5.74) is -0.355. The maximum atomic E-state index is 11.9. The van der Waals surface area contributed by atoms with Gasteiger partial charge < -0.3 is 20.5 Å². The molecule has 1 aliphatic carbocycles. The minimum Gasteiger partial charge on any atom is -0.394 e. The van der Waals surface area contributed by atoms with Crippen molar-refractivity contribution >= 4 is 5.91 Å². The smallest absolute Gasteiger partial charge is 0.222 e. The van der Waals surface area contributed by atoms with E-state index in [2.05, 4.69) is 10.6 Å². The molecule has 3 N–H and O–H groups in total. The van der Waals surface area contributed by atoms with Crippen molar-refractivity contribution in [2.24, 2.45) is 0 Å². The Morgan fingerprint density at radius 1 is 1.32 bits per heavy atom. The normalized spacial score (nSPS) is 23.4. The molecule has 1 aliphatic heterocycles. The van der Waals surface area contributed by atoms with E-state index >= 15 is 0 Å². The number of carbonyl (C=O) groups is 1. The van der Waals surface area contributed by atoms with Crippen LogP contribution in [0.1, 0.15) is 44.9 Å². The maximum absolute atomic E-state index is 11.9. The van der Waals surface area contributed by atoms with E-state index in [0.717, 1.165) is 51.6 Å². The first-order chi connectivity index (χ1) is 9.24. The molecule has 1 saturated heterocycles. The molecule has 0 atom stereocenters. The Balaban J connectivity index is 1.63. The zero-order valence-electron chi connectivity index (χ0n) is 11.6. The minimum absolute atomic E-state index is 0.00452. The molecule has 0 aromatic heterocycles. The summed E-state index contributed by atoms with van der Waals surface area (Å²) >= 11 is 0. The summed E-state index contributed by atoms with van der Waals surface area (Å²) in [5.74, 6) is 0.00452. The molecular formula is C14H26N2O3. The molecule has 2 rings (SSSR count). The molecule has 110 valence electrons. The molecule has 0 radical (unpaired) electrons. The van der Waals surface area contributed by atoms with Gasteiger partial charge in [0.15, 0.2) is 0 Å². The predicted molar refractivity (Wildman–Crippen MR) is 72.9 cm³/mol. The molecule has 0 bridgehead atoms. The van der Waals surface area contributed by atoms with E-state index in [1.54, 1.807) is 0 Å². The highest BCUT2D eigenvalue weighted by molar-refractivity contribution is 5.77. The predicted octanol–water partition coefficient (Wildman–Crippen LogP) is 0.566. The molecule has 1 amide bonds. The number of hydrogen-bond acceptors (Lipinski definition) is 4. The number of ether oxygens (including phenoxy) is 1. The molecule has 2 fully saturated rings. The van der Waals surface area contributed by atoms with Crippen molar-refractivity contribution in [3.05, 3.63) is 0 Å². The van der Waals surface area contributed by atoms with Crippen molar-refractivity contribution in [3.8, 4) is 0 Å². The first kappa shape index (κ1) is 14.8. The third kappa shape index (κ3) is 4.44. The van der Waals surface area contributed by atoms with Gasteiger partial charge >= 0.3 is 0 Å². The highest BCUT2D eigenvalue weighted by Crippen LogP contribution is 2.29. The van der Waals surface area contributed by atoms with E-state index in [1.807, 2.05) is 0 Å². The largest absolute Gasteiger partial charge is 0.394 e. The Labute approximate surface area is 115 Å². The second kappa shape index (κ2) is 7.22. The van der Waals surface area contributed by atoms with Crippen LogP contribution in [0, 0.1) is 0 Å². The number of hydrogen-bond donors (Lipinski definition) is 3. The highest BCUT2D eigenvalue weighted by Gasteiger charge is 2.34. The number of rotatable bonds is 6. The van der Waals surface area contributed by atoms with E-state index in [1.165, 1.54) is 0 Å². The van der Waals surface area contributed by atoms with Gasteiger partial charge in [-0.3, -0.25) is 4.79 Å². The second-order valence-electron chi connectivity index (χ2n) is 5.76. The zero-order valence-corrected chi connectivity index (χ0v) is 11.6. The number of aliphatic hydroxyl groups is 1. The lowest BCUT2D eigenvalue weighted by Crippen LogP contribution is -2.49. The van der Waals surface area contributed by atoms with Crippen LogP contribution in [0.15, 0.2) is 0 Å². The van der Waals surface area contributed by atoms with Crippen LogP contribution >= 0.6 is 0 Å². The third-order valence-corrected chi connectivity index (χ3v) is 4.24. The molecule has 0 unspecified atom stereocenters. The minimum atomic E-state index is -0.355. The van der Waals surface area contributed by atoms with Gasteiger partial charge in [0.25, 0.3) is 0 Å². The van der Waals surface area contributed by atoms with Crippen LogP contribution in [0.5, 0.6) is 0 Å². The molecule has 1 heterocycles.